The first-order valence-electron chi connectivity index (χ1n) is 8.90. The van der Waals surface area contributed by atoms with Crippen LogP contribution in [0.3, 0.4) is 0 Å². The van der Waals surface area contributed by atoms with Gasteiger partial charge < -0.3 is 10.2 Å². The molecule has 1 fully saturated rings. The molecule has 0 aliphatic carbocycles. The molecule has 0 bridgehead atoms. The molecule has 0 spiro atoms. The summed E-state index contributed by atoms with van der Waals surface area (Å²) in [6.45, 7) is 11.7. The van der Waals surface area contributed by atoms with Crippen LogP contribution in [-0.2, 0) is 6.42 Å². The van der Waals surface area contributed by atoms with Crippen molar-refractivity contribution in [2.24, 2.45) is 5.92 Å². The van der Waals surface area contributed by atoms with Gasteiger partial charge in [0.25, 0.3) is 0 Å². The Morgan fingerprint density at radius 1 is 1.21 bits per heavy atom. The minimum Gasteiger partial charge on any atom is -0.335 e. The Hall–Kier alpha value is -1.94. The van der Waals surface area contributed by atoms with Crippen molar-refractivity contribution in [3.63, 3.8) is 0 Å². The monoisotopic (exact) mass is 324 g/mol. The smallest absolute Gasteiger partial charge is 0.225 e. The normalized spacial score (nSPS) is 18.2. The maximum atomic E-state index is 4.83. The van der Waals surface area contributed by atoms with Crippen LogP contribution in [0.2, 0.25) is 0 Å². The number of nitrogens with zero attached hydrogens (tertiary/aromatic N) is 3. The van der Waals surface area contributed by atoms with E-state index in [-0.39, 0.29) is 0 Å². The van der Waals surface area contributed by atoms with E-state index in [9.17, 15) is 0 Å². The van der Waals surface area contributed by atoms with Crippen LogP contribution < -0.4 is 10.2 Å². The van der Waals surface area contributed by atoms with Crippen LogP contribution in [-0.4, -0.2) is 35.6 Å². The van der Waals surface area contributed by atoms with E-state index in [1.54, 1.807) is 0 Å². The van der Waals surface area contributed by atoms with Gasteiger partial charge in [0.15, 0.2) is 0 Å². The van der Waals surface area contributed by atoms with Crippen LogP contribution in [0, 0.1) is 19.8 Å². The summed E-state index contributed by atoms with van der Waals surface area (Å²) < 4.78 is 0. The number of rotatable bonds is 4. The van der Waals surface area contributed by atoms with Crippen LogP contribution in [0.4, 0.5) is 5.95 Å². The molecular formula is C20H28N4. The highest BCUT2D eigenvalue weighted by Gasteiger charge is 2.27. The molecule has 4 heteroatoms. The zero-order valence-electron chi connectivity index (χ0n) is 15.2. The van der Waals surface area contributed by atoms with E-state index in [1.807, 2.05) is 6.20 Å². The van der Waals surface area contributed by atoms with Crippen molar-refractivity contribution in [3.8, 4) is 0 Å². The minimum atomic E-state index is 0.459. The summed E-state index contributed by atoms with van der Waals surface area (Å²) in [6.07, 6.45) is 2.90. The molecule has 1 saturated heterocycles. The topological polar surface area (TPSA) is 41.1 Å². The Balaban J connectivity index is 1.80. The fourth-order valence-electron chi connectivity index (χ4n) is 3.29. The van der Waals surface area contributed by atoms with Gasteiger partial charge in [-0.3, -0.25) is 0 Å². The molecular weight excluding hydrogens is 296 g/mol. The highest BCUT2D eigenvalue weighted by molar-refractivity contribution is 5.37. The highest BCUT2D eigenvalue weighted by atomic mass is 15.3. The predicted octanol–water partition coefficient (Wildman–Crippen LogP) is 3.12. The molecule has 24 heavy (non-hydrogen) atoms. The third kappa shape index (κ3) is 3.75. The lowest BCUT2D eigenvalue weighted by Crippen LogP contribution is -2.54. The van der Waals surface area contributed by atoms with Gasteiger partial charge in [0.2, 0.25) is 5.95 Å². The lowest BCUT2D eigenvalue weighted by atomic mass is 10.0. The molecule has 0 unspecified atom stereocenters. The van der Waals surface area contributed by atoms with E-state index >= 15 is 0 Å². The van der Waals surface area contributed by atoms with Gasteiger partial charge in [-0.05, 0) is 30.9 Å². The lowest BCUT2D eigenvalue weighted by Gasteiger charge is -2.38. The van der Waals surface area contributed by atoms with Gasteiger partial charge >= 0.3 is 0 Å². The van der Waals surface area contributed by atoms with Gasteiger partial charge in [-0.1, -0.05) is 43.7 Å². The molecule has 1 aromatic carbocycles. The number of benzene rings is 1. The van der Waals surface area contributed by atoms with E-state index in [4.69, 9.17) is 9.97 Å². The molecule has 0 radical (unpaired) electrons. The first kappa shape index (κ1) is 16.9. The van der Waals surface area contributed by atoms with Gasteiger partial charge in [0.1, 0.15) is 0 Å². The number of aryl methyl sites for hydroxylation is 2. The Labute approximate surface area is 145 Å². The fraction of sp³-hybridized carbons (Fsp3) is 0.500. The summed E-state index contributed by atoms with van der Waals surface area (Å²) in [5.41, 5.74) is 4.89. The number of nitrogens with one attached hydrogen (secondary N) is 1. The van der Waals surface area contributed by atoms with Crippen molar-refractivity contribution in [3.05, 3.63) is 52.8 Å². The predicted molar refractivity (Wildman–Crippen MR) is 99.6 cm³/mol. The number of piperazine rings is 1. The average molecular weight is 324 g/mol. The summed E-state index contributed by atoms with van der Waals surface area (Å²) in [4.78, 5) is 11.9. The molecule has 1 atom stereocenters. The molecule has 1 aliphatic heterocycles. The van der Waals surface area contributed by atoms with E-state index in [0.29, 0.717) is 12.0 Å². The van der Waals surface area contributed by atoms with Gasteiger partial charge in [0, 0.05) is 44.0 Å². The molecule has 2 heterocycles. The molecule has 0 saturated carbocycles. The zero-order chi connectivity index (χ0) is 17.1. The SMILES string of the molecule is Cc1ccc(Cc2cnc(N3CCNC[C@H]3C(C)C)nc2C)cc1. The molecule has 0 amide bonds. The Morgan fingerprint density at radius 2 is 1.96 bits per heavy atom. The summed E-state index contributed by atoms with van der Waals surface area (Å²) in [7, 11) is 0. The van der Waals surface area contributed by atoms with E-state index in [1.165, 1.54) is 16.7 Å². The minimum absolute atomic E-state index is 0.459. The van der Waals surface area contributed by atoms with Crippen LogP contribution in [0.1, 0.15) is 36.2 Å². The summed E-state index contributed by atoms with van der Waals surface area (Å²) in [6, 6.07) is 9.16. The van der Waals surface area contributed by atoms with Crippen molar-refractivity contribution in [1.82, 2.24) is 15.3 Å². The third-order valence-electron chi connectivity index (χ3n) is 4.89. The van der Waals surface area contributed by atoms with Gasteiger partial charge in [-0.2, -0.15) is 0 Å². The number of hydrogen-bond acceptors (Lipinski definition) is 4. The summed E-state index contributed by atoms with van der Waals surface area (Å²) in [5.74, 6) is 1.45. The summed E-state index contributed by atoms with van der Waals surface area (Å²) in [5, 5.41) is 3.48. The second kappa shape index (κ2) is 7.31. The maximum absolute atomic E-state index is 4.83. The standard InChI is InChI=1S/C20H28N4/c1-14(2)19-13-21-9-10-24(19)20-22-12-18(16(4)23-20)11-17-7-5-15(3)6-8-17/h5-8,12,14,19,21H,9-11,13H2,1-4H3/t19-/m0/s1. The van der Waals surface area contributed by atoms with Crippen LogP contribution in [0.25, 0.3) is 0 Å². The van der Waals surface area contributed by atoms with Crippen molar-refractivity contribution < 1.29 is 0 Å². The molecule has 1 aliphatic rings. The molecule has 1 aromatic heterocycles. The quantitative estimate of drug-likeness (QED) is 0.938. The van der Waals surface area contributed by atoms with Crippen LogP contribution >= 0.6 is 0 Å². The maximum Gasteiger partial charge on any atom is 0.225 e. The summed E-state index contributed by atoms with van der Waals surface area (Å²) >= 11 is 0. The number of hydrogen-bond donors (Lipinski definition) is 1. The first-order valence-corrected chi connectivity index (χ1v) is 8.90. The average Bonchev–Trinajstić information content (AvgIpc) is 2.58. The molecule has 1 N–H and O–H groups in total. The zero-order valence-corrected chi connectivity index (χ0v) is 15.2. The molecule has 128 valence electrons. The highest BCUT2D eigenvalue weighted by Crippen LogP contribution is 2.21. The van der Waals surface area contributed by atoms with Crippen LogP contribution in [0.15, 0.2) is 30.5 Å². The molecule has 2 aromatic rings. The Bertz CT molecular complexity index is 679. The molecule has 4 nitrogen and oxygen atoms in total. The van der Waals surface area contributed by atoms with Gasteiger partial charge in [-0.15, -0.1) is 0 Å². The van der Waals surface area contributed by atoms with Crippen molar-refractivity contribution >= 4 is 5.95 Å². The van der Waals surface area contributed by atoms with E-state index < -0.39 is 0 Å². The molecule has 3 rings (SSSR count). The van der Waals surface area contributed by atoms with E-state index in [0.717, 1.165) is 37.7 Å². The number of anilines is 1. The Morgan fingerprint density at radius 3 is 2.62 bits per heavy atom. The van der Waals surface area contributed by atoms with Crippen molar-refractivity contribution in [2.75, 3.05) is 24.5 Å². The lowest BCUT2D eigenvalue weighted by molar-refractivity contribution is 0.385. The second-order valence-corrected chi connectivity index (χ2v) is 7.15. The van der Waals surface area contributed by atoms with E-state index in [2.05, 4.69) is 62.2 Å². The van der Waals surface area contributed by atoms with Crippen molar-refractivity contribution in [1.29, 1.82) is 0 Å². The third-order valence-corrected chi connectivity index (χ3v) is 4.89. The number of aromatic nitrogens is 2. The van der Waals surface area contributed by atoms with Crippen molar-refractivity contribution in [2.45, 2.75) is 40.2 Å². The first-order chi connectivity index (χ1) is 11.5. The fourth-order valence-corrected chi connectivity index (χ4v) is 3.29. The Kier molecular flexibility index (Phi) is 5.14. The van der Waals surface area contributed by atoms with Gasteiger partial charge in [0.05, 0.1) is 0 Å². The second-order valence-electron chi connectivity index (χ2n) is 7.15. The van der Waals surface area contributed by atoms with Crippen LogP contribution in [0.5, 0.6) is 0 Å². The van der Waals surface area contributed by atoms with Gasteiger partial charge in [-0.25, -0.2) is 9.97 Å². The largest absolute Gasteiger partial charge is 0.335 e.